The van der Waals surface area contributed by atoms with E-state index in [1.54, 1.807) is 24.5 Å². The zero-order valence-electron chi connectivity index (χ0n) is 6.68. The monoisotopic (exact) mass is 177 g/mol. The largest absolute Gasteiger partial charge is 0.475 e. The lowest BCUT2D eigenvalue weighted by molar-refractivity contribution is -0.146. The number of aliphatic carboxylic acids is 1. The lowest BCUT2D eigenvalue weighted by Gasteiger charge is -1.88. The third kappa shape index (κ3) is 2.86. The number of carboxylic acid groups (broad SMARTS) is 1. The predicted molar refractivity (Wildman–Crippen MR) is 45.9 cm³/mol. The third-order valence-corrected chi connectivity index (χ3v) is 1.34. The van der Waals surface area contributed by atoms with E-state index in [2.05, 4.69) is 4.98 Å². The minimum atomic E-state index is -1.45. The van der Waals surface area contributed by atoms with Crippen molar-refractivity contribution in [3.8, 4) is 0 Å². The molecule has 0 aliphatic rings. The van der Waals surface area contributed by atoms with Crippen molar-refractivity contribution in [2.45, 2.75) is 0 Å². The quantitative estimate of drug-likeness (QED) is 0.546. The highest BCUT2D eigenvalue weighted by Crippen LogP contribution is 1.98. The van der Waals surface area contributed by atoms with Gasteiger partial charge < -0.3 is 5.11 Å². The van der Waals surface area contributed by atoms with Gasteiger partial charge in [0.25, 0.3) is 5.78 Å². The van der Waals surface area contributed by atoms with Gasteiger partial charge in [0.15, 0.2) is 0 Å². The standard InChI is InChI=1S/C9H7NO3/c11-8(9(12)13)2-1-7-3-5-10-6-4-7/h1-6H,(H,12,13). The van der Waals surface area contributed by atoms with Crippen molar-refractivity contribution < 1.29 is 14.7 Å². The van der Waals surface area contributed by atoms with E-state index in [1.165, 1.54) is 6.08 Å². The maximum Gasteiger partial charge on any atom is 0.376 e. The van der Waals surface area contributed by atoms with E-state index in [0.717, 1.165) is 11.6 Å². The molecule has 0 aromatic carbocycles. The van der Waals surface area contributed by atoms with Crippen LogP contribution in [-0.2, 0) is 9.59 Å². The highest BCUT2D eigenvalue weighted by atomic mass is 16.4. The van der Waals surface area contributed by atoms with E-state index < -0.39 is 11.8 Å². The molecular formula is C9H7NO3. The van der Waals surface area contributed by atoms with Crippen molar-refractivity contribution in [2.24, 2.45) is 0 Å². The number of aromatic nitrogens is 1. The van der Waals surface area contributed by atoms with Crippen LogP contribution in [0, 0.1) is 0 Å². The number of carboxylic acids is 1. The van der Waals surface area contributed by atoms with Gasteiger partial charge in [-0.15, -0.1) is 0 Å². The number of ketones is 1. The van der Waals surface area contributed by atoms with Crippen molar-refractivity contribution in [2.75, 3.05) is 0 Å². The van der Waals surface area contributed by atoms with Crippen molar-refractivity contribution in [1.29, 1.82) is 0 Å². The summed E-state index contributed by atoms with van der Waals surface area (Å²) in [4.78, 5) is 24.5. The van der Waals surface area contributed by atoms with E-state index in [9.17, 15) is 9.59 Å². The average Bonchev–Trinajstić information content (AvgIpc) is 2.15. The molecule has 0 fully saturated rings. The number of carbonyl (C=O) groups is 2. The first-order chi connectivity index (χ1) is 6.20. The highest BCUT2D eigenvalue weighted by Gasteiger charge is 2.04. The van der Waals surface area contributed by atoms with Crippen LogP contribution < -0.4 is 0 Å². The topological polar surface area (TPSA) is 67.3 Å². The molecule has 4 nitrogen and oxygen atoms in total. The van der Waals surface area contributed by atoms with Gasteiger partial charge in [-0.3, -0.25) is 9.78 Å². The molecule has 0 aliphatic heterocycles. The Morgan fingerprint density at radius 1 is 1.31 bits per heavy atom. The zero-order chi connectivity index (χ0) is 9.68. The van der Waals surface area contributed by atoms with Gasteiger partial charge in [0.1, 0.15) is 0 Å². The Morgan fingerprint density at radius 3 is 2.46 bits per heavy atom. The minimum Gasteiger partial charge on any atom is -0.475 e. The van der Waals surface area contributed by atoms with Crippen molar-refractivity contribution in [3.05, 3.63) is 36.2 Å². The number of pyridine rings is 1. The molecule has 0 saturated carbocycles. The fourth-order valence-corrected chi connectivity index (χ4v) is 0.718. The number of hydrogen-bond acceptors (Lipinski definition) is 3. The van der Waals surface area contributed by atoms with Gasteiger partial charge in [-0.2, -0.15) is 0 Å². The van der Waals surface area contributed by atoms with Crippen LogP contribution in [0.3, 0.4) is 0 Å². The Kier molecular flexibility index (Phi) is 2.92. The number of rotatable bonds is 3. The molecule has 66 valence electrons. The maximum absolute atomic E-state index is 10.6. The predicted octanol–water partition coefficient (Wildman–Crippen LogP) is 0.749. The number of hydrogen-bond donors (Lipinski definition) is 1. The Hall–Kier alpha value is -1.97. The Bertz CT molecular complexity index is 343. The SMILES string of the molecule is O=C(O)C(=O)C=Cc1ccncc1. The molecule has 0 bridgehead atoms. The summed E-state index contributed by atoms with van der Waals surface area (Å²) in [6, 6.07) is 3.34. The van der Waals surface area contributed by atoms with Crippen molar-refractivity contribution in [1.82, 2.24) is 4.98 Å². The molecule has 1 heterocycles. The van der Waals surface area contributed by atoms with Crippen LogP contribution in [0.5, 0.6) is 0 Å². The summed E-state index contributed by atoms with van der Waals surface area (Å²) in [7, 11) is 0. The normalized spacial score (nSPS) is 10.2. The molecule has 0 amide bonds. The number of nitrogens with zero attached hydrogens (tertiary/aromatic N) is 1. The van der Waals surface area contributed by atoms with Gasteiger partial charge in [-0.1, -0.05) is 6.08 Å². The molecule has 0 saturated heterocycles. The summed E-state index contributed by atoms with van der Waals surface area (Å²) in [5.74, 6) is -2.39. The summed E-state index contributed by atoms with van der Waals surface area (Å²) < 4.78 is 0. The molecule has 1 aromatic heterocycles. The van der Waals surface area contributed by atoms with Gasteiger partial charge >= 0.3 is 5.97 Å². The molecule has 4 heteroatoms. The van der Waals surface area contributed by atoms with Crippen LogP contribution in [0.25, 0.3) is 6.08 Å². The van der Waals surface area contributed by atoms with Crippen LogP contribution in [0.1, 0.15) is 5.56 Å². The second kappa shape index (κ2) is 4.15. The van der Waals surface area contributed by atoms with Gasteiger partial charge in [0.2, 0.25) is 0 Å². The highest BCUT2D eigenvalue weighted by molar-refractivity contribution is 6.38. The summed E-state index contributed by atoms with van der Waals surface area (Å²) in [6.07, 6.45) is 5.56. The second-order valence-corrected chi connectivity index (χ2v) is 2.28. The van der Waals surface area contributed by atoms with Gasteiger partial charge in [-0.05, 0) is 23.8 Å². The second-order valence-electron chi connectivity index (χ2n) is 2.28. The molecule has 0 radical (unpaired) electrons. The van der Waals surface area contributed by atoms with Crippen LogP contribution in [-0.4, -0.2) is 21.8 Å². The first-order valence-corrected chi connectivity index (χ1v) is 3.55. The van der Waals surface area contributed by atoms with Crippen LogP contribution in [0.2, 0.25) is 0 Å². The first kappa shape index (κ1) is 9.12. The molecule has 0 unspecified atom stereocenters. The van der Waals surface area contributed by atoms with E-state index in [4.69, 9.17) is 5.11 Å². The van der Waals surface area contributed by atoms with Crippen LogP contribution >= 0.6 is 0 Å². The van der Waals surface area contributed by atoms with Gasteiger partial charge in [0, 0.05) is 12.4 Å². The van der Waals surface area contributed by atoms with E-state index in [1.807, 2.05) is 0 Å². The Morgan fingerprint density at radius 2 is 1.92 bits per heavy atom. The molecule has 13 heavy (non-hydrogen) atoms. The summed E-state index contributed by atoms with van der Waals surface area (Å²) >= 11 is 0. The van der Waals surface area contributed by atoms with Gasteiger partial charge in [-0.25, -0.2) is 4.79 Å². The van der Waals surface area contributed by atoms with E-state index in [0.29, 0.717) is 0 Å². The lowest BCUT2D eigenvalue weighted by Crippen LogP contribution is -2.08. The Balaban J connectivity index is 2.70. The summed E-state index contributed by atoms with van der Waals surface area (Å²) in [5, 5.41) is 8.25. The summed E-state index contributed by atoms with van der Waals surface area (Å²) in [6.45, 7) is 0. The molecular weight excluding hydrogens is 170 g/mol. The fraction of sp³-hybridized carbons (Fsp3) is 0. The first-order valence-electron chi connectivity index (χ1n) is 3.55. The smallest absolute Gasteiger partial charge is 0.376 e. The zero-order valence-corrected chi connectivity index (χ0v) is 6.68. The molecule has 0 atom stereocenters. The van der Waals surface area contributed by atoms with Crippen molar-refractivity contribution >= 4 is 17.8 Å². The third-order valence-electron chi connectivity index (χ3n) is 1.34. The molecule has 1 N–H and O–H groups in total. The summed E-state index contributed by atoms with van der Waals surface area (Å²) in [5.41, 5.74) is 0.740. The fourth-order valence-electron chi connectivity index (χ4n) is 0.718. The Labute approximate surface area is 74.5 Å². The van der Waals surface area contributed by atoms with Crippen LogP contribution in [0.4, 0.5) is 0 Å². The minimum absolute atomic E-state index is 0.740. The van der Waals surface area contributed by atoms with Crippen LogP contribution in [0.15, 0.2) is 30.6 Å². The van der Waals surface area contributed by atoms with E-state index in [-0.39, 0.29) is 0 Å². The molecule has 0 spiro atoms. The number of carbonyl (C=O) groups excluding carboxylic acids is 1. The van der Waals surface area contributed by atoms with Gasteiger partial charge in [0.05, 0.1) is 0 Å². The molecule has 1 rings (SSSR count). The van der Waals surface area contributed by atoms with E-state index >= 15 is 0 Å². The average molecular weight is 177 g/mol. The molecule has 0 aliphatic carbocycles. The lowest BCUT2D eigenvalue weighted by atomic mass is 10.2. The van der Waals surface area contributed by atoms with Crippen molar-refractivity contribution in [3.63, 3.8) is 0 Å². The maximum atomic E-state index is 10.6. The molecule has 1 aromatic rings.